The number of carboxylic acid groups (broad SMARTS) is 1. The number of carboxylic acids is 1. The van der Waals surface area contributed by atoms with Crippen LogP contribution in [0.4, 0.5) is 0 Å². The third-order valence-electron chi connectivity index (χ3n) is 2.71. The third-order valence-corrected chi connectivity index (χ3v) is 2.71. The van der Waals surface area contributed by atoms with Gasteiger partial charge in [0.1, 0.15) is 0 Å². The lowest BCUT2D eigenvalue weighted by Gasteiger charge is -2.13. The molecule has 0 heterocycles. The number of carbonyl (C=O) groups excluding carboxylic acids is 1. The molecule has 0 aromatic heterocycles. The van der Waals surface area contributed by atoms with Crippen LogP contribution < -0.4 is 5.32 Å². The first-order valence-electron chi connectivity index (χ1n) is 5.84. The van der Waals surface area contributed by atoms with Crippen molar-refractivity contribution in [1.29, 1.82) is 0 Å². The lowest BCUT2D eigenvalue weighted by molar-refractivity contribution is 0.0696. The van der Waals surface area contributed by atoms with Gasteiger partial charge in [0.15, 0.2) is 0 Å². The number of carbonyl (C=O) groups is 2. The van der Waals surface area contributed by atoms with E-state index in [0.717, 1.165) is 13.1 Å². The van der Waals surface area contributed by atoms with Gasteiger partial charge in [-0.2, -0.15) is 0 Å². The van der Waals surface area contributed by atoms with Crippen LogP contribution in [-0.2, 0) is 0 Å². The maximum Gasteiger partial charge on any atom is 0.335 e. The van der Waals surface area contributed by atoms with Crippen LogP contribution in [0.3, 0.4) is 0 Å². The Morgan fingerprint density at radius 3 is 2.28 bits per heavy atom. The second kappa shape index (κ2) is 6.76. The van der Waals surface area contributed by atoms with Crippen LogP contribution in [-0.4, -0.2) is 48.6 Å². The fourth-order valence-corrected chi connectivity index (χ4v) is 1.38. The van der Waals surface area contributed by atoms with Crippen LogP contribution in [0.1, 0.15) is 27.6 Å². The highest BCUT2D eigenvalue weighted by atomic mass is 16.4. The molecular formula is C13H18N2O3. The van der Waals surface area contributed by atoms with E-state index >= 15 is 0 Å². The minimum atomic E-state index is -0.994. The molecule has 1 aromatic rings. The molecule has 1 amide bonds. The number of amides is 1. The Labute approximate surface area is 106 Å². The zero-order valence-electron chi connectivity index (χ0n) is 10.6. The number of hydrogen-bond donors (Lipinski definition) is 2. The Bertz CT molecular complexity index is 415. The number of rotatable bonds is 6. The van der Waals surface area contributed by atoms with Crippen LogP contribution in [0, 0.1) is 0 Å². The van der Waals surface area contributed by atoms with Crippen molar-refractivity contribution in [1.82, 2.24) is 10.2 Å². The van der Waals surface area contributed by atoms with Crippen molar-refractivity contribution in [2.24, 2.45) is 0 Å². The summed E-state index contributed by atoms with van der Waals surface area (Å²) in [5.41, 5.74) is 0.649. The zero-order valence-corrected chi connectivity index (χ0v) is 10.6. The van der Waals surface area contributed by atoms with Crippen molar-refractivity contribution in [3.05, 3.63) is 35.4 Å². The first-order chi connectivity index (χ1) is 8.54. The molecule has 1 aromatic carbocycles. The molecule has 0 saturated carbocycles. The van der Waals surface area contributed by atoms with Gasteiger partial charge in [-0.05, 0) is 37.9 Å². The third kappa shape index (κ3) is 4.18. The Morgan fingerprint density at radius 2 is 1.78 bits per heavy atom. The molecule has 5 nitrogen and oxygen atoms in total. The molecule has 0 radical (unpaired) electrons. The van der Waals surface area contributed by atoms with E-state index in [2.05, 4.69) is 10.2 Å². The lowest BCUT2D eigenvalue weighted by Crippen LogP contribution is -2.32. The summed E-state index contributed by atoms with van der Waals surface area (Å²) in [4.78, 5) is 24.5. The number of hydrogen-bond acceptors (Lipinski definition) is 3. The number of benzene rings is 1. The van der Waals surface area contributed by atoms with Gasteiger partial charge < -0.3 is 15.3 Å². The molecule has 0 atom stereocenters. The topological polar surface area (TPSA) is 69.6 Å². The summed E-state index contributed by atoms with van der Waals surface area (Å²) in [6.07, 6.45) is 0. The van der Waals surface area contributed by atoms with E-state index in [9.17, 15) is 9.59 Å². The highest BCUT2D eigenvalue weighted by molar-refractivity contribution is 5.95. The predicted molar refractivity (Wildman–Crippen MR) is 68.9 cm³/mol. The second-order valence-corrected chi connectivity index (χ2v) is 4.03. The van der Waals surface area contributed by atoms with Gasteiger partial charge >= 0.3 is 5.97 Å². The molecule has 0 bridgehead atoms. The fraction of sp³-hybridized carbons (Fsp3) is 0.385. The van der Waals surface area contributed by atoms with E-state index in [1.807, 2.05) is 14.0 Å². The molecule has 0 saturated heterocycles. The van der Waals surface area contributed by atoms with Crippen molar-refractivity contribution in [2.75, 3.05) is 26.7 Å². The fourth-order valence-electron chi connectivity index (χ4n) is 1.38. The van der Waals surface area contributed by atoms with E-state index in [4.69, 9.17) is 5.11 Å². The Morgan fingerprint density at radius 1 is 1.22 bits per heavy atom. The normalized spacial score (nSPS) is 10.4. The first kappa shape index (κ1) is 14.2. The molecule has 0 aliphatic carbocycles. The molecule has 18 heavy (non-hydrogen) atoms. The van der Waals surface area contributed by atoms with E-state index in [1.54, 1.807) is 0 Å². The number of nitrogens with zero attached hydrogens (tertiary/aromatic N) is 1. The van der Waals surface area contributed by atoms with Crippen molar-refractivity contribution >= 4 is 11.9 Å². The van der Waals surface area contributed by atoms with Crippen LogP contribution in [0.15, 0.2) is 24.3 Å². The van der Waals surface area contributed by atoms with Gasteiger partial charge in [-0.25, -0.2) is 4.79 Å². The Balaban J connectivity index is 2.49. The van der Waals surface area contributed by atoms with Gasteiger partial charge in [0.05, 0.1) is 5.56 Å². The molecule has 0 spiro atoms. The average molecular weight is 250 g/mol. The van der Waals surface area contributed by atoms with E-state index < -0.39 is 5.97 Å². The van der Waals surface area contributed by atoms with Crippen LogP contribution in [0.2, 0.25) is 0 Å². The minimum Gasteiger partial charge on any atom is -0.478 e. The average Bonchev–Trinajstić information content (AvgIpc) is 2.38. The summed E-state index contributed by atoms with van der Waals surface area (Å²) in [6, 6.07) is 5.88. The number of nitrogens with one attached hydrogen (secondary N) is 1. The highest BCUT2D eigenvalue weighted by Crippen LogP contribution is 2.04. The molecule has 0 aliphatic heterocycles. The van der Waals surface area contributed by atoms with E-state index in [-0.39, 0.29) is 11.5 Å². The molecule has 0 fully saturated rings. The first-order valence-corrected chi connectivity index (χ1v) is 5.84. The summed E-state index contributed by atoms with van der Waals surface area (Å²) in [5, 5.41) is 11.5. The summed E-state index contributed by atoms with van der Waals surface area (Å²) in [7, 11) is 1.98. The molecular weight excluding hydrogens is 232 g/mol. The molecule has 0 unspecified atom stereocenters. The highest BCUT2D eigenvalue weighted by Gasteiger charge is 2.07. The van der Waals surface area contributed by atoms with E-state index in [0.29, 0.717) is 12.1 Å². The van der Waals surface area contributed by atoms with Gasteiger partial charge in [-0.1, -0.05) is 6.92 Å². The Kier molecular flexibility index (Phi) is 5.32. The van der Waals surface area contributed by atoms with Crippen LogP contribution in [0.5, 0.6) is 0 Å². The largest absolute Gasteiger partial charge is 0.478 e. The Hall–Kier alpha value is -1.88. The molecule has 0 aliphatic rings. The van der Waals surface area contributed by atoms with Gasteiger partial charge in [0, 0.05) is 18.7 Å². The summed E-state index contributed by atoms with van der Waals surface area (Å²) in [5.74, 6) is -1.18. The van der Waals surface area contributed by atoms with Gasteiger partial charge in [-0.15, -0.1) is 0 Å². The molecule has 2 N–H and O–H groups in total. The molecule has 1 rings (SSSR count). The summed E-state index contributed by atoms with van der Waals surface area (Å²) >= 11 is 0. The predicted octanol–water partition coefficient (Wildman–Crippen LogP) is 1.07. The smallest absolute Gasteiger partial charge is 0.335 e. The number of aromatic carboxylic acids is 1. The molecule has 5 heteroatoms. The van der Waals surface area contributed by atoms with Crippen molar-refractivity contribution in [3.63, 3.8) is 0 Å². The number of likely N-dealkylation sites (N-methyl/N-ethyl adjacent to an activating group) is 1. The van der Waals surface area contributed by atoms with Gasteiger partial charge in [0.25, 0.3) is 5.91 Å². The zero-order chi connectivity index (χ0) is 13.5. The van der Waals surface area contributed by atoms with Crippen LogP contribution >= 0.6 is 0 Å². The standard InChI is InChI=1S/C13H18N2O3/c1-3-15(2)9-8-14-12(16)10-4-6-11(7-5-10)13(17)18/h4-7H,3,8-9H2,1-2H3,(H,14,16)(H,17,18). The summed E-state index contributed by atoms with van der Waals surface area (Å²) < 4.78 is 0. The quantitative estimate of drug-likeness (QED) is 0.792. The maximum atomic E-state index is 11.7. The summed E-state index contributed by atoms with van der Waals surface area (Å²) in [6.45, 7) is 4.34. The SMILES string of the molecule is CCN(C)CCNC(=O)c1ccc(C(=O)O)cc1. The lowest BCUT2D eigenvalue weighted by atomic mass is 10.1. The van der Waals surface area contributed by atoms with Crippen molar-refractivity contribution in [3.8, 4) is 0 Å². The molecule has 98 valence electrons. The second-order valence-electron chi connectivity index (χ2n) is 4.03. The van der Waals surface area contributed by atoms with E-state index in [1.165, 1.54) is 24.3 Å². The monoisotopic (exact) mass is 250 g/mol. The minimum absolute atomic E-state index is 0.178. The maximum absolute atomic E-state index is 11.7. The van der Waals surface area contributed by atoms with Crippen molar-refractivity contribution < 1.29 is 14.7 Å². The van der Waals surface area contributed by atoms with Gasteiger partial charge in [0.2, 0.25) is 0 Å². The van der Waals surface area contributed by atoms with Crippen LogP contribution in [0.25, 0.3) is 0 Å². The van der Waals surface area contributed by atoms with Gasteiger partial charge in [-0.3, -0.25) is 4.79 Å². The van der Waals surface area contributed by atoms with Crippen molar-refractivity contribution in [2.45, 2.75) is 6.92 Å².